The maximum absolute atomic E-state index is 12.9. The molecule has 0 radical (unpaired) electrons. The molecule has 0 unspecified atom stereocenters. The maximum Gasteiger partial charge on any atom is 0.394 e. The van der Waals surface area contributed by atoms with Crippen molar-refractivity contribution in [2.75, 3.05) is 19.7 Å². The predicted molar refractivity (Wildman–Crippen MR) is 78.7 cm³/mol. The molecule has 8 heteroatoms. The predicted octanol–water partition coefficient (Wildman–Crippen LogP) is 2.40. The SMILES string of the molecule is Cc1ccc(OCC(=O)N2C[C@@H](C(F)(F)F)[C@H](C(=O)O)C2)cc1C. The summed E-state index contributed by atoms with van der Waals surface area (Å²) in [6.45, 7) is 2.23. The summed E-state index contributed by atoms with van der Waals surface area (Å²) in [6.07, 6.45) is -4.66. The third kappa shape index (κ3) is 3.98. The van der Waals surface area contributed by atoms with Crippen LogP contribution >= 0.6 is 0 Å². The Morgan fingerprint density at radius 2 is 1.92 bits per heavy atom. The van der Waals surface area contributed by atoms with Gasteiger partial charge < -0.3 is 14.7 Å². The van der Waals surface area contributed by atoms with Gasteiger partial charge in [-0.15, -0.1) is 0 Å². The minimum atomic E-state index is -4.66. The highest BCUT2D eigenvalue weighted by Gasteiger charge is 2.53. The van der Waals surface area contributed by atoms with Crippen molar-refractivity contribution in [2.45, 2.75) is 20.0 Å². The van der Waals surface area contributed by atoms with Crippen LogP contribution in [0.25, 0.3) is 0 Å². The minimum Gasteiger partial charge on any atom is -0.484 e. The number of carboxylic acid groups (broad SMARTS) is 1. The first-order chi connectivity index (χ1) is 11.1. The smallest absolute Gasteiger partial charge is 0.394 e. The summed E-state index contributed by atoms with van der Waals surface area (Å²) >= 11 is 0. The molecule has 132 valence electrons. The van der Waals surface area contributed by atoms with Crippen molar-refractivity contribution < 1.29 is 32.6 Å². The summed E-state index contributed by atoms with van der Waals surface area (Å²) in [5, 5.41) is 8.94. The molecule has 1 aromatic rings. The lowest BCUT2D eigenvalue weighted by Gasteiger charge is -2.18. The second-order valence-electron chi connectivity index (χ2n) is 5.93. The third-order valence-electron chi connectivity index (χ3n) is 4.25. The molecule has 1 N–H and O–H groups in total. The number of carbonyl (C=O) groups is 2. The van der Waals surface area contributed by atoms with Gasteiger partial charge in [0.05, 0.1) is 11.8 Å². The lowest BCUT2D eigenvalue weighted by atomic mass is 9.96. The summed E-state index contributed by atoms with van der Waals surface area (Å²) in [6, 6.07) is 5.20. The highest BCUT2D eigenvalue weighted by Crippen LogP contribution is 2.37. The molecule has 1 saturated heterocycles. The van der Waals surface area contributed by atoms with Crippen LogP contribution in [0.3, 0.4) is 0 Å². The van der Waals surface area contributed by atoms with E-state index < -0.39 is 49.6 Å². The molecule has 1 aliphatic rings. The Balaban J connectivity index is 2.00. The van der Waals surface area contributed by atoms with Crippen molar-refractivity contribution in [3.63, 3.8) is 0 Å². The van der Waals surface area contributed by atoms with Gasteiger partial charge in [-0.1, -0.05) is 6.07 Å². The number of hydrogen-bond acceptors (Lipinski definition) is 3. The van der Waals surface area contributed by atoms with E-state index in [2.05, 4.69) is 0 Å². The zero-order chi connectivity index (χ0) is 18.1. The number of halogens is 3. The molecule has 0 spiro atoms. The van der Waals surface area contributed by atoms with Crippen molar-refractivity contribution >= 4 is 11.9 Å². The second-order valence-corrected chi connectivity index (χ2v) is 5.93. The summed E-state index contributed by atoms with van der Waals surface area (Å²) in [7, 11) is 0. The topological polar surface area (TPSA) is 66.8 Å². The normalized spacial score (nSPS) is 21.0. The first-order valence-corrected chi connectivity index (χ1v) is 7.37. The number of benzene rings is 1. The van der Waals surface area contributed by atoms with Crippen molar-refractivity contribution in [3.8, 4) is 5.75 Å². The van der Waals surface area contributed by atoms with E-state index in [4.69, 9.17) is 9.84 Å². The molecule has 2 rings (SSSR count). The van der Waals surface area contributed by atoms with Gasteiger partial charge in [0, 0.05) is 13.1 Å². The first-order valence-electron chi connectivity index (χ1n) is 7.37. The number of nitrogens with zero attached hydrogens (tertiary/aromatic N) is 1. The van der Waals surface area contributed by atoms with Gasteiger partial charge in [-0.25, -0.2) is 0 Å². The molecule has 1 amide bonds. The van der Waals surface area contributed by atoms with Crippen LogP contribution < -0.4 is 4.74 Å². The molecule has 0 bridgehead atoms. The molecule has 1 fully saturated rings. The van der Waals surface area contributed by atoms with Gasteiger partial charge in [-0.3, -0.25) is 9.59 Å². The van der Waals surface area contributed by atoms with Crippen LogP contribution in [-0.2, 0) is 9.59 Å². The molecule has 1 aromatic carbocycles. The molecule has 2 atom stereocenters. The van der Waals surface area contributed by atoms with Crippen molar-refractivity contribution in [2.24, 2.45) is 11.8 Å². The van der Waals surface area contributed by atoms with Crippen molar-refractivity contribution in [3.05, 3.63) is 29.3 Å². The molecular weight excluding hydrogens is 327 g/mol. The Morgan fingerprint density at radius 3 is 2.42 bits per heavy atom. The largest absolute Gasteiger partial charge is 0.484 e. The Kier molecular flexibility index (Phi) is 5.05. The number of ether oxygens (including phenoxy) is 1. The number of carbonyl (C=O) groups excluding carboxylic acids is 1. The fraction of sp³-hybridized carbons (Fsp3) is 0.500. The van der Waals surface area contributed by atoms with Gasteiger partial charge in [0.25, 0.3) is 5.91 Å². The number of aliphatic carboxylic acids is 1. The minimum absolute atomic E-state index is 0.431. The summed E-state index contributed by atoms with van der Waals surface area (Å²) in [5.41, 5.74) is 2.01. The molecular formula is C16H18F3NO4. The van der Waals surface area contributed by atoms with Crippen LogP contribution in [-0.4, -0.2) is 47.8 Å². The Hall–Kier alpha value is -2.25. The van der Waals surface area contributed by atoms with E-state index >= 15 is 0 Å². The molecule has 1 heterocycles. The highest BCUT2D eigenvalue weighted by atomic mass is 19.4. The van der Waals surface area contributed by atoms with Crippen LogP contribution in [0, 0.1) is 25.7 Å². The van der Waals surface area contributed by atoms with Crippen LogP contribution in [0.5, 0.6) is 5.75 Å². The monoisotopic (exact) mass is 345 g/mol. The molecule has 0 aliphatic carbocycles. The van der Waals surface area contributed by atoms with E-state index in [1.165, 1.54) is 0 Å². The summed E-state index contributed by atoms with van der Waals surface area (Å²) in [5.74, 6) is -5.47. The van der Waals surface area contributed by atoms with Gasteiger partial charge >= 0.3 is 12.1 Å². The van der Waals surface area contributed by atoms with E-state index in [0.717, 1.165) is 16.0 Å². The maximum atomic E-state index is 12.9. The number of carboxylic acids is 1. The van der Waals surface area contributed by atoms with E-state index in [0.29, 0.717) is 5.75 Å². The molecule has 1 aliphatic heterocycles. The number of likely N-dealkylation sites (tertiary alicyclic amines) is 1. The van der Waals surface area contributed by atoms with E-state index in [-0.39, 0.29) is 0 Å². The number of amides is 1. The van der Waals surface area contributed by atoms with Gasteiger partial charge in [-0.2, -0.15) is 13.2 Å². The van der Waals surface area contributed by atoms with Gasteiger partial charge in [0.1, 0.15) is 5.75 Å². The Bertz CT molecular complexity index is 645. The van der Waals surface area contributed by atoms with Crippen molar-refractivity contribution in [1.82, 2.24) is 4.90 Å². The zero-order valence-electron chi connectivity index (χ0n) is 13.3. The van der Waals surface area contributed by atoms with Crippen molar-refractivity contribution in [1.29, 1.82) is 0 Å². The number of alkyl halides is 3. The fourth-order valence-electron chi connectivity index (χ4n) is 2.63. The van der Waals surface area contributed by atoms with Gasteiger partial charge in [-0.05, 0) is 37.1 Å². The van der Waals surface area contributed by atoms with E-state index in [1.807, 2.05) is 19.9 Å². The molecule has 5 nitrogen and oxygen atoms in total. The van der Waals surface area contributed by atoms with E-state index in [9.17, 15) is 22.8 Å². The van der Waals surface area contributed by atoms with Crippen LogP contribution in [0.4, 0.5) is 13.2 Å². The van der Waals surface area contributed by atoms with Gasteiger partial charge in [0.15, 0.2) is 6.61 Å². The summed E-state index contributed by atoms with van der Waals surface area (Å²) in [4.78, 5) is 24.0. The second kappa shape index (κ2) is 6.70. The first kappa shape index (κ1) is 18.1. The van der Waals surface area contributed by atoms with Crippen LogP contribution in [0.1, 0.15) is 11.1 Å². The van der Waals surface area contributed by atoms with Gasteiger partial charge in [0.2, 0.25) is 0 Å². The molecule has 0 saturated carbocycles. The van der Waals surface area contributed by atoms with Crippen LogP contribution in [0.2, 0.25) is 0 Å². The standard InChI is InChI=1S/C16H18F3NO4/c1-9-3-4-11(5-10(9)2)24-8-14(21)20-6-12(15(22)23)13(7-20)16(17,18)19/h3-5,12-13H,6-8H2,1-2H3,(H,22,23)/t12-,13-/m1/s1. The fourth-order valence-corrected chi connectivity index (χ4v) is 2.63. The molecule has 0 aromatic heterocycles. The number of hydrogen-bond donors (Lipinski definition) is 1. The average Bonchev–Trinajstić information content (AvgIpc) is 2.94. The third-order valence-corrected chi connectivity index (χ3v) is 4.25. The number of rotatable bonds is 4. The lowest BCUT2D eigenvalue weighted by Crippen LogP contribution is -2.35. The Labute approximate surface area is 137 Å². The molecule has 24 heavy (non-hydrogen) atoms. The number of aryl methyl sites for hydroxylation is 2. The van der Waals surface area contributed by atoms with E-state index in [1.54, 1.807) is 12.1 Å². The average molecular weight is 345 g/mol. The quantitative estimate of drug-likeness (QED) is 0.910. The highest BCUT2D eigenvalue weighted by molar-refractivity contribution is 5.80. The summed E-state index contributed by atoms with van der Waals surface area (Å²) < 4.78 is 44.0. The Morgan fingerprint density at radius 1 is 1.25 bits per heavy atom. The van der Waals surface area contributed by atoms with Crippen LogP contribution in [0.15, 0.2) is 18.2 Å². The zero-order valence-corrected chi connectivity index (χ0v) is 13.3. The lowest BCUT2D eigenvalue weighted by molar-refractivity contribution is -0.188.